The first-order chi connectivity index (χ1) is 8.75. The Morgan fingerprint density at radius 1 is 1.32 bits per heavy atom. The Morgan fingerprint density at radius 2 is 1.95 bits per heavy atom. The van der Waals surface area contributed by atoms with Crippen molar-refractivity contribution < 1.29 is 0 Å². The van der Waals surface area contributed by atoms with E-state index < -0.39 is 8.07 Å². The van der Waals surface area contributed by atoms with Gasteiger partial charge < -0.3 is 5.73 Å². The second-order valence-corrected chi connectivity index (χ2v) is 10.8. The Bertz CT molecular complexity index is 700. The molecule has 0 saturated carbocycles. The molecule has 0 amide bonds. The van der Waals surface area contributed by atoms with E-state index in [1.54, 1.807) is 4.57 Å². The van der Waals surface area contributed by atoms with Crippen LogP contribution in [0.4, 0.5) is 5.95 Å². The molecule has 2 rings (SSSR count). The highest BCUT2D eigenvalue weighted by atomic mass is 28.3. The Morgan fingerprint density at radius 3 is 2.47 bits per heavy atom. The zero-order valence-corrected chi connectivity index (χ0v) is 13.1. The summed E-state index contributed by atoms with van der Waals surface area (Å²) in [7, 11) is -1.70. The van der Waals surface area contributed by atoms with Crippen LogP contribution < -0.4 is 16.5 Å². The molecular formula is C13H20N4OSi. The number of nitrogens with two attached hydrogens (primary N) is 1. The summed E-state index contributed by atoms with van der Waals surface area (Å²) >= 11 is 0. The molecule has 2 aromatic heterocycles. The lowest BCUT2D eigenvalue weighted by molar-refractivity contribution is 0.752. The molecule has 5 nitrogen and oxygen atoms in total. The second kappa shape index (κ2) is 4.45. The van der Waals surface area contributed by atoms with Gasteiger partial charge in [-0.2, -0.15) is 4.98 Å². The van der Waals surface area contributed by atoms with Crippen LogP contribution in [0.5, 0.6) is 0 Å². The van der Waals surface area contributed by atoms with Gasteiger partial charge in [0.1, 0.15) is 5.65 Å². The molecule has 2 heterocycles. The molecule has 19 heavy (non-hydrogen) atoms. The van der Waals surface area contributed by atoms with Crippen molar-refractivity contribution in [2.45, 2.75) is 40.0 Å². The molecule has 0 radical (unpaired) electrons. The molecule has 0 unspecified atom stereocenters. The number of aromatic nitrogens is 3. The van der Waals surface area contributed by atoms with Gasteiger partial charge >= 0.3 is 0 Å². The van der Waals surface area contributed by atoms with Crippen LogP contribution >= 0.6 is 0 Å². The fourth-order valence-corrected chi connectivity index (χ4v) is 3.59. The lowest BCUT2D eigenvalue weighted by Gasteiger charge is -2.19. The number of fused-ring (bicyclic) bond motifs is 1. The maximum atomic E-state index is 12.6. The highest BCUT2D eigenvalue weighted by Crippen LogP contribution is 2.15. The molecule has 0 atom stereocenters. The topological polar surface area (TPSA) is 73.8 Å². The molecule has 0 bridgehead atoms. The number of nitrogens with zero attached hydrogens (tertiary/aromatic N) is 3. The molecule has 2 N–H and O–H groups in total. The van der Waals surface area contributed by atoms with Gasteiger partial charge in [-0.25, -0.2) is 4.98 Å². The fourth-order valence-electron chi connectivity index (χ4n) is 2.24. The minimum atomic E-state index is -1.70. The number of pyridine rings is 1. The van der Waals surface area contributed by atoms with Crippen molar-refractivity contribution in [1.29, 1.82) is 0 Å². The van der Waals surface area contributed by atoms with Gasteiger partial charge in [0.25, 0.3) is 5.56 Å². The largest absolute Gasteiger partial charge is 0.368 e. The summed E-state index contributed by atoms with van der Waals surface area (Å²) < 4.78 is 1.70. The van der Waals surface area contributed by atoms with E-state index in [-0.39, 0.29) is 11.5 Å². The molecule has 2 aromatic rings. The monoisotopic (exact) mass is 276 g/mol. The van der Waals surface area contributed by atoms with Gasteiger partial charge in [0, 0.05) is 17.1 Å². The van der Waals surface area contributed by atoms with Crippen LogP contribution in [-0.4, -0.2) is 22.6 Å². The van der Waals surface area contributed by atoms with Crippen molar-refractivity contribution in [3.05, 3.63) is 22.1 Å². The first kappa shape index (κ1) is 13.7. The summed E-state index contributed by atoms with van der Waals surface area (Å²) in [5, 5.41) is 1.84. The minimum Gasteiger partial charge on any atom is -0.368 e. The molecule has 0 spiro atoms. The molecule has 0 fully saturated rings. The van der Waals surface area contributed by atoms with E-state index in [2.05, 4.69) is 29.6 Å². The SMILES string of the molecule is CCn1c(=O)c([Si](C)(C)C)cc2c(C)nc(N)nc21. The summed E-state index contributed by atoms with van der Waals surface area (Å²) in [4.78, 5) is 21.0. The second-order valence-electron chi connectivity index (χ2n) is 5.76. The summed E-state index contributed by atoms with van der Waals surface area (Å²) in [6.45, 7) is 10.9. The minimum absolute atomic E-state index is 0.0617. The van der Waals surface area contributed by atoms with Gasteiger partial charge in [0.05, 0.1) is 13.8 Å². The molecule has 0 aliphatic heterocycles. The van der Waals surface area contributed by atoms with E-state index in [0.29, 0.717) is 12.2 Å². The number of aryl methyl sites for hydroxylation is 2. The van der Waals surface area contributed by atoms with Crippen molar-refractivity contribution in [1.82, 2.24) is 14.5 Å². The first-order valence-corrected chi connectivity index (χ1v) is 9.94. The first-order valence-electron chi connectivity index (χ1n) is 6.44. The Hall–Kier alpha value is -1.69. The Labute approximate surface area is 113 Å². The molecular weight excluding hydrogens is 256 g/mol. The van der Waals surface area contributed by atoms with Crippen LogP contribution in [-0.2, 0) is 6.54 Å². The third kappa shape index (κ3) is 2.27. The van der Waals surface area contributed by atoms with E-state index in [1.807, 2.05) is 19.9 Å². The molecule has 0 saturated heterocycles. The number of nitrogen functional groups attached to an aromatic ring is 1. The number of hydrogen-bond acceptors (Lipinski definition) is 4. The van der Waals surface area contributed by atoms with Gasteiger partial charge in [-0.15, -0.1) is 0 Å². The highest BCUT2D eigenvalue weighted by molar-refractivity contribution is 6.88. The Kier molecular flexibility index (Phi) is 3.22. The van der Waals surface area contributed by atoms with Crippen molar-refractivity contribution in [3.63, 3.8) is 0 Å². The normalized spacial score (nSPS) is 12.1. The maximum Gasteiger partial charge on any atom is 0.251 e. The highest BCUT2D eigenvalue weighted by Gasteiger charge is 2.23. The predicted molar refractivity (Wildman–Crippen MR) is 81.6 cm³/mol. The van der Waals surface area contributed by atoms with Crippen molar-refractivity contribution in [3.8, 4) is 0 Å². The van der Waals surface area contributed by atoms with E-state index >= 15 is 0 Å². The van der Waals surface area contributed by atoms with Crippen LogP contribution in [0.25, 0.3) is 11.0 Å². The molecule has 6 heteroatoms. The molecule has 0 aromatic carbocycles. The third-order valence-corrected chi connectivity index (χ3v) is 5.25. The summed E-state index contributed by atoms with van der Waals surface area (Å²) in [5.74, 6) is 0.215. The summed E-state index contributed by atoms with van der Waals surface area (Å²) in [6.07, 6.45) is 0. The predicted octanol–water partition coefficient (Wildman–Crippen LogP) is 1.25. The quantitative estimate of drug-likeness (QED) is 0.838. The van der Waals surface area contributed by atoms with E-state index in [1.165, 1.54) is 0 Å². The fraction of sp³-hybridized carbons (Fsp3) is 0.462. The lowest BCUT2D eigenvalue weighted by Crippen LogP contribution is -2.50. The van der Waals surface area contributed by atoms with Crippen molar-refractivity contribution >= 4 is 30.2 Å². The van der Waals surface area contributed by atoms with Gasteiger partial charge in [0.15, 0.2) is 0 Å². The number of rotatable bonds is 2. The molecule has 0 aliphatic carbocycles. The maximum absolute atomic E-state index is 12.6. The summed E-state index contributed by atoms with van der Waals surface area (Å²) in [6, 6.07) is 1.96. The van der Waals surface area contributed by atoms with Crippen LogP contribution in [0.15, 0.2) is 10.9 Å². The van der Waals surface area contributed by atoms with Crippen LogP contribution in [0, 0.1) is 6.92 Å². The van der Waals surface area contributed by atoms with Crippen LogP contribution in [0.3, 0.4) is 0 Å². The van der Waals surface area contributed by atoms with Gasteiger partial charge in [-0.05, 0) is 19.9 Å². The van der Waals surface area contributed by atoms with Crippen LogP contribution in [0.1, 0.15) is 12.6 Å². The zero-order valence-electron chi connectivity index (χ0n) is 12.1. The average molecular weight is 276 g/mol. The van der Waals surface area contributed by atoms with Crippen molar-refractivity contribution in [2.75, 3.05) is 5.73 Å². The number of hydrogen-bond donors (Lipinski definition) is 1. The summed E-state index contributed by atoms with van der Waals surface area (Å²) in [5.41, 5.74) is 7.22. The van der Waals surface area contributed by atoms with Gasteiger partial charge in [0.2, 0.25) is 5.95 Å². The lowest BCUT2D eigenvalue weighted by atomic mass is 10.2. The van der Waals surface area contributed by atoms with E-state index in [4.69, 9.17) is 5.73 Å². The zero-order chi connectivity index (χ0) is 14.4. The molecule has 0 aliphatic rings. The van der Waals surface area contributed by atoms with Crippen LogP contribution in [0.2, 0.25) is 19.6 Å². The van der Waals surface area contributed by atoms with Crippen molar-refractivity contribution in [2.24, 2.45) is 0 Å². The standard InChI is InChI=1S/C13H20N4OSi/c1-6-17-11-9(8(2)15-13(14)16-11)7-10(12(17)18)19(3,4)5/h7H,6H2,1-5H3,(H2,14,15,16). The molecule has 102 valence electrons. The van der Waals surface area contributed by atoms with E-state index in [9.17, 15) is 4.79 Å². The third-order valence-electron chi connectivity index (χ3n) is 3.28. The Balaban J connectivity index is 3.00. The van der Waals surface area contributed by atoms with E-state index in [0.717, 1.165) is 16.3 Å². The smallest absolute Gasteiger partial charge is 0.251 e. The number of anilines is 1. The van der Waals surface area contributed by atoms with Gasteiger partial charge in [-0.1, -0.05) is 19.6 Å². The average Bonchev–Trinajstić information content (AvgIpc) is 2.26. The van der Waals surface area contributed by atoms with Gasteiger partial charge in [-0.3, -0.25) is 9.36 Å².